The summed E-state index contributed by atoms with van der Waals surface area (Å²) in [4.78, 5) is 19.0. The maximum atomic E-state index is 10.9. The van der Waals surface area contributed by atoms with E-state index in [0.29, 0.717) is 29.7 Å². The van der Waals surface area contributed by atoms with E-state index in [2.05, 4.69) is 15.3 Å². The van der Waals surface area contributed by atoms with Crippen LogP contribution < -0.4 is 16.8 Å². The number of carbonyl (C=O) groups is 1. The highest BCUT2D eigenvalue weighted by atomic mass is 16.6. The summed E-state index contributed by atoms with van der Waals surface area (Å²) < 4.78 is 7.56. The van der Waals surface area contributed by atoms with Crippen LogP contribution in [0, 0.1) is 0 Å². The largest absolute Gasteiger partial charge is 0.480 e. The summed E-state index contributed by atoms with van der Waals surface area (Å²) in [5, 5.41) is 33.6. The molecule has 0 saturated carbocycles. The molecule has 1 fully saturated rings. The molecule has 0 bridgehead atoms. The van der Waals surface area contributed by atoms with Crippen molar-refractivity contribution >= 4 is 22.8 Å². The second-order valence-corrected chi connectivity index (χ2v) is 7.01. The Labute approximate surface area is 161 Å². The molecule has 3 rings (SSSR count). The van der Waals surface area contributed by atoms with E-state index >= 15 is 0 Å². The van der Waals surface area contributed by atoms with E-state index in [1.807, 2.05) is 0 Å². The number of aliphatic hydroxyl groups is 2. The van der Waals surface area contributed by atoms with Crippen LogP contribution in [0.15, 0.2) is 18.6 Å². The fourth-order valence-electron chi connectivity index (χ4n) is 3.51. The van der Waals surface area contributed by atoms with Gasteiger partial charge in [0, 0.05) is 12.2 Å². The third-order valence-electron chi connectivity index (χ3n) is 5.22. The molecule has 2 aromatic heterocycles. The maximum Gasteiger partial charge on any atom is 0.320 e. The van der Waals surface area contributed by atoms with Crippen LogP contribution >= 0.6 is 0 Å². The maximum absolute atomic E-state index is 10.9. The van der Waals surface area contributed by atoms with Gasteiger partial charge in [-0.05, 0) is 32.4 Å². The molecule has 2 aromatic rings. The van der Waals surface area contributed by atoms with Crippen LogP contribution in [0.4, 0.5) is 5.82 Å². The Bertz CT molecular complexity index is 829. The molecule has 0 radical (unpaired) electrons. The Morgan fingerprint density at radius 2 is 2.11 bits per heavy atom. The van der Waals surface area contributed by atoms with Crippen molar-refractivity contribution in [2.24, 2.45) is 5.73 Å². The molecule has 154 valence electrons. The van der Waals surface area contributed by atoms with Crippen LogP contribution in [-0.4, -0.2) is 73.3 Å². The number of fused-ring (bicyclic) bond motifs is 1. The summed E-state index contributed by atoms with van der Waals surface area (Å²) >= 11 is 0. The molecular formula is C17H26N6O5. The van der Waals surface area contributed by atoms with Crippen molar-refractivity contribution < 1.29 is 24.9 Å². The summed E-state index contributed by atoms with van der Waals surface area (Å²) in [6, 6.07) is 0.653. The van der Waals surface area contributed by atoms with Crippen molar-refractivity contribution in [2.45, 2.75) is 55.9 Å². The van der Waals surface area contributed by atoms with E-state index in [1.165, 1.54) is 6.33 Å². The fraction of sp³-hybridized carbons (Fsp3) is 0.588. The number of aliphatic hydroxyl groups excluding tert-OH is 2. The van der Waals surface area contributed by atoms with E-state index in [1.54, 1.807) is 23.9 Å². The number of carboxylic acids is 1. The zero-order valence-electron chi connectivity index (χ0n) is 15.5. The highest BCUT2D eigenvalue weighted by Gasteiger charge is 2.44. The monoisotopic (exact) mass is 394 g/mol. The molecule has 28 heavy (non-hydrogen) atoms. The lowest BCUT2D eigenvalue weighted by atomic mass is 9.98. The van der Waals surface area contributed by atoms with Crippen molar-refractivity contribution in [1.82, 2.24) is 19.9 Å². The lowest BCUT2D eigenvalue weighted by molar-refractivity contribution is -0.138. The van der Waals surface area contributed by atoms with Gasteiger partial charge in [-0.25, -0.2) is 9.97 Å². The van der Waals surface area contributed by atoms with Gasteiger partial charge in [0.05, 0.1) is 11.5 Å². The van der Waals surface area contributed by atoms with E-state index in [9.17, 15) is 15.0 Å². The van der Waals surface area contributed by atoms with E-state index in [-0.39, 0.29) is 12.5 Å². The number of anilines is 1. The molecular weight excluding hydrogens is 368 g/mol. The molecule has 0 amide bonds. The standard InChI is InChI=1S/C17H26N6O5/c1-20-8(2-3-10(18)17(26)27)6-11-12(24)13(25)16(28-11)23-5-4-9-14(19)21-7-22-15(9)23/h4-5,7-8,10-13,16,20,24-25H,2-3,6,18H2,1H3,(H,26,27)(H2,19,21,22)/t8?,10-,11+,12?,13-,16+/m0/s1. The molecule has 1 aliphatic heterocycles. The second-order valence-electron chi connectivity index (χ2n) is 7.01. The number of nitrogens with zero attached hydrogens (tertiary/aromatic N) is 3. The number of nitrogen functional groups attached to an aromatic ring is 1. The third-order valence-corrected chi connectivity index (χ3v) is 5.22. The second kappa shape index (κ2) is 8.37. The minimum Gasteiger partial charge on any atom is -0.480 e. The van der Waals surface area contributed by atoms with Gasteiger partial charge in [-0.1, -0.05) is 0 Å². The van der Waals surface area contributed by atoms with Gasteiger partial charge >= 0.3 is 5.97 Å². The zero-order chi connectivity index (χ0) is 20.4. The van der Waals surface area contributed by atoms with Gasteiger partial charge in [-0.3, -0.25) is 4.79 Å². The van der Waals surface area contributed by atoms with Gasteiger partial charge in [0.1, 0.15) is 36.0 Å². The first-order valence-corrected chi connectivity index (χ1v) is 9.07. The Morgan fingerprint density at radius 3 is 2.79 bits per heavy atom. The summed E-state index contributed by atoms with van der Waals surface area (Å²) in [5.74, 6) is -0.735. The third kappa shape index (κ3) is 3.93. The summed E-state index contributed by atoms with van der Waals surface area (Å²) in [7, 11) is 1.74. The van der Waals surface area contributed by atoms with Crippen molar-refractivity contribution in [3.63, 3.8) is 0 Å². The van der Waals surface area contributed by atoms with Crippen LogP contribution in [0.1, 0.15) is 25.5 Å². The molecule has 0 aliphatic carbocycles. The van der Waals surface area contributed by atoms with Crippen LogP contribution in [0.3, 0.4) is 0 Å². The van der Waals surface area contributed by atoms with Gasteiger partial charge in [-0.2, -0.15) is 0 Å². The smallest absolute Gasteiger partial charge is 0.320 e. The molecule has 11 nitrogen and oxygen atoms in total. The highest BCUT2D eigenvalue weighted by Crippen LogP contribution is 2.34. The molecule has 1 aliphatic rings. The number of ether oxygens (including phenoxy) is 1. The average Bonchev–Trinajstić information content (AvgIpc) is 3.21. The number of carboxylic acid groups (broad SMARTS) is 1. The highest BCUT2D eigenvalue weighted by molar-refractivity contribution is 5.86. The van der Waals surface area contributed by atoms with E-state index < -0.39 is 36.6 Å². The molecule has 0 spiro atoms. The van der Waals surface area contributed by atoms with E-state index in [4.69, 9.17) is 21.3 Å². The Balaban J connectivity index is 1.71. The number of hydrogen-bond acceptors (Lipinski definition) is 9. The van der Waals surface area contributed by atoms with Crippen LogP contribution in [-0.2, 0) is 9.53 Å². The van der Waals surface area contributed by atoms with Crippen LogP contribution in [0.5, 0.6) is 0 Å². The normalized spacial score (nSPS) is 27.1. The molecule has 8 N–H and O–H groups in total. The molecule has 1 saturated heterocycles. The zero-order valence-corrected chi connectivity index (χ0v) is 15.5. The van der Waals surface area contributed by atoms with Gasteiger partial charge in [0.25, 0.3) is 0 Å². The fourth-order valence-corrected chi connectivity index (χ4v) is 3.51. The van der Waals surface area contributed by atoms with Gasteiger partial charge in [0.15, 0.2) is 6.23 Å². The minimum absolute atomic E-state index is 0.129. The average molecular weight is 394 g/mol. The number of nitrogens with one attached hydrogen (secondary N) is 1. The number of aliphatic carboxylic acids is 1. The Morgan fingerprint density at radius 1 is 1.36 bits per heavy atom. The summed E-state index contributed by atoms with van der Waals surface area (Å²) in [6.45, 7) is 0. The van der Waals surface area contributed by atoms with E-state index in [0.717, 1.165) is 0 Å². The number of hydrogen-bond donors (Lipinski definition) is 6. The minimum atomic E-state index is -1.16. The first kappa shape index (κ1) is 20.4. The Hall–Kier alpha value is -2.31. The van der Waals surface area contributed by atoms with Crippen molar-refractivity contribution in [2.75, 3.05) is 12.8 Å². The predicted octanol–water partition coefficient (Wildman–Crippen LogP) is -1.20. The topological polar surface area (TPSA) is 182 Å². The molecule has 2 unspecified atom stereocenters. The number of rotatable bonds is 8. The van der Waals surface area contributed by atoms with Crippen molar-refractivity contribution in [3.8, 4) is 0 Å². The van der Waals surface area contributed by atoms with Gasteiger partial charge < -0.3 is 41.4 Å². The van der Waals surface area contributed by atoms with Crippen LogP contribution in [0.25, 0.3) is 11.0 Å². The summed E-state index contributed by atoms with van der Waals surface area (Å²) in [5.41, 5.74) is 11.9. The predicted molar refractivity (Wildman–Crippen MR) is 100 cm³/mol. The molecule has 3 heterocycles. The van der Waals surface area contributed by atoms with Crippen molar-refractivity contribution in [1.29, 1.82) is 0 Å². The molecule has 11 heteroatoms. The first-order valence-electron chi connectivity index (χ1n) is 9.07. The quantitative estimate of drug-likeness (QED) is 0.318. The number of aromatic nitrogens is 3. The van der Waals surface area contributed by atoms with Crippen molar-refractivity contribution in [3.05, 3.63) is 18.6 Å². The summed E-state index contributed by atoms with van der Waals surface area (Å²) in [6.07, 6.45) is 0.434. The van der Waals surface area contributed by atoms with Gasteiger partial charge in [0.2, 0.25) is 0 Å². The molecule has 6 atom stereocenters. The number of nitrogens with two attached hydrogens (primary N) is 2. The van der Waals surface area contributed by atoms with Crippen LogP contribution in [0.2, 0.25) is 0 Å². The lowest BCUT2D eigenvalue weighted by Gasteiger charge is -2.22. The lowest BCUT2D eigenvalue weighted by Crippen LogP contribution is -2.38. The Kier molecular flexibility index (Phi) is 6.10. The first-order chi connectivity index (χ1) is 13.3. The van der Waals surface area contributed by atoms with Gasteiger partial charge in [-0.15, -0.1) is 0 Å². The SMILES string of the molecule is CNC(CC[C@H](N)C(=O)O)C[C@H]1O[C@@H](n2ccc3c(N)ncnc32)[C@@H](O)C1O. The molecule has 0 aromatic carbocycles.